The van der Waals surface area contributed by atoms with Crippen LogP contribution in [0.2, 0.25) is 0 Å². The van der Waals surface area contributed by atoms with Crippen LogP contribution in [0.4, 0.5) is 37.1 Å². The summed E-state index contributed by atoms with van der Waals surface area (Å²) in [5, 5.41) is 14.1. The molecule has 1 atom stereocenters. The van der Waals surface area contributed by atoms with Gasteiger partial charge < -0.3 is 35.6 Å². The molecule has 0 spiro atoms. The highest BCUT2D eigenvalue weighted by Crippen LogP contribution is 2.24. The lowest BCUT2D eigenvalue weighted by Crippen LogP contribution is -2.35. The summed E-state index contributed by atoms with van der Waals surface area (Å²) in [5.41, 5.74) is 2.30. The van der Waals surface area contributed by atoms with Gasteiger partial charge in [-0.3, -0.25) is 10.1 Å². The Morgan fingerprint density at radius 1 is 0.708 bits per heavy atom. The first kappa shape index (κ1) is 37.2. The lowest BCUT2D eigenvalue weighted by atomic mass is 10.00. The molecule has 5 N–H and O–H groups in total. The number of ether oxygens (including phenoxy) is 2. The Hall–Kier alpha value is -5.26. The number of nitrogens with zero attached hydrogens (tertiary/aromatic N) is 1. The van der Waals surface area contributed by atoms with E-state index in [9.17, 15) is 19.2 Å². The van der Waals surface area contributed by atoms with Gasteiger partial charge in [-0.05, 0) is 108 Å². The molecule has 12 nitrogen and oxygen atoms in total. The van der Waals surface area contributed by atoms with Gasteiger partial charge in [0, 0.05) is 37.6 Å². The van der Waals surface area contributed by atoms with Crippen molar-refractivity contribution in [3.05, 3.63) is 83.9 Å². The third kappa shape index (κ3) is 12.9. The van der Waals surface area contributed by atoms with Crippen LogP contribution in [-0.4, -0.2) is 56.0 Å². The van der Waals surface area contributed by atoms with E-state index in [2.05, 4.69) is 26.6 Å². The normalized spacial score (nSPS) is 11.8. The quantitative estimate of drug-likeness (QED) is 0.134. The van der Waals surface area contributed by atoms with Crippen LogP contribution in [0, 0.1) is 0 Å². The van der Waals surface area contributed by atoms with Crippen LogP contribution < -0.4 is 31.5 Å². The topological polar surface area (TPSA) is 150 Å². The van der Waals surface area contributed by atoms with E-state index < -0.39 is 35.5 Å². The SMILES string of the molecule is CN(C)c1ccc(NC(=O)NC(CCCNC(=O)OC(C)(C)C)c2ccc(C(=O)Nc3ccccc3NC(=O)OC(C)(C)C)cc2)cc1. The zero-order valence-electron chi connectivity index (χ0n) is 29.0. The van der Waals surface area contributed by atoms with E-state index in [1.807, 2.05) is 43.3 Å². The number of nitrogens with one attached hydrogen (secondary N) is 5. The van der Waals surface area contributed by atoms with E-state index in [-0.39, 0.29) is 5.91 Å². The minimum absolute atomic E-state index is 0.345. The molecule has 0 fully saturated rings. The van der Waals surface area contributed by atoms with Gasteiger partial charge in [-0.25, -0.2) is 14.4 Å². The maximum Gasteiger partial charge on any atom is 0.412 e. The van der Waals surface area contributed by atoms with Crippen LogP contribution in [0.15, 0.2) is 72.8 Å². The van der Waals surface area contributed by atoms with Crippen molar-refractivity contribution in [1.82, 2.24) is 10.6 Å². The van der Waals surface area contributed by atoms with Gasteiger partial charge in [0.2, 0.25) is 0 Å². The number of urea groups is 1. The summed E-state index contributed by atoms with van der Waals surface area (Å²) in [7, 11) is 3.88. The van der Waals surface area contributed by atoms with Gasteiger partial charge in [-0.1, -0.05) is 24.3 Å². The highest BCUT2D eigenvalue weighted by molar-refractivity contribution is 6.07. The highest BCUT2D eigenvalue weighted by Gasteiger charge is 2.20. The Kier molecular flexibility index (Phi) is 12.8. The van der Waals surface area contributed by atoms with Gasteiger partial charge in [-0.2, -0.15) is 0 Å². The molecule has 3 aromatic rings. The molecule has 258 valence electrons. The molecule has 0 heterocycles. The van der Waals surface area contributed by atoms with Gasteiger partial charge in [0.25, 0.3) is 5.91 Å². The maximum absolute atomic E-state index is 13.2. The Bertz CT molecular complexity index is 1540. The predicted molar refractivity (Wildman–Crippen MR) is 190 cm³/mol. The third-order valence-corrected chi connectivity index (χ3v) is 6.67. The summed E-state index contributed by atoms with van der Waals surface area (Å²) in [6.45, 7) is 11.0. The first-order chi connectivity index (χ1) is 22.5. The van der Waals surface area contributed by atoms with Crippen LogP contribution in [-0.2, 0) is 9.47 Å². The smallest absolute Gasteiger partial charge is 0.412 e. The molecule has 0 bridgehead atoms. The van der Waals surface area contributed by atoms with Gasteiger partial charge in [-0.15, -0.1) is 0 Å². The summed E-state index contributed by atoms with van der Waals surface area (Å²) in [6, 6.07) is 20.3. The summed E-state index contributed by atoms with van der Waals surface area (Å²) in [4.78, 5) is 52.6. The molecule has 0 aliphatic carbocycles. The first-order valence-corrected chi connectivity index (χ1v) is 15.8. The summed E-state index contributed by atoms with van der Waals surface area (Å²) in [5.74, 6) is -0.384. The van der Waals surface area contributed by atoms with Crippen LogP contribution in [0.25, 0.3) is 0 Å². The van der Waals surface area contributed by atoms with Crippen molar-refractivity contribution >= 4 is 46.9 Å². The fourth-order valence-corrected chi connectivity index (χ4v) is 4.48. The molecule has 3 aromatic carbocycles. The Labute approximate surface area is 282 Å². The number of amides is 5. The lowest BCUT2D eigenvalue weighted by Gasteiger charge is -2.22. The van der Waals surface area contributed by atoms with E-state index in [0.29, 0.717) is 42.0 Å². The van der Waals surface area contributed by atoms with Crippen LogP contribution in [0.3, 0.4) is 0 Å². The fraction of sp³-hybridized carbons (Fsp3) is 0.389. The largest absolute Gasteiger partial charge is 0.444 e. The second kappa shape index (κ2) is 16.5. The summed E-state index contributed by atoms with van der Waals surface area (Å²) < 4.78 is 10.6. The standard InChI is InChI=1S/C36H48N6O6/c1-35(2,3)47-33(45)37-23-11-14-28(40-32(44)38-26-19-21-27(22-20-26)42(7)8)24-15-17-25(18-16-24)31(43)39-29-12-9-10-13-30(29)41-34(46)48-36(4,5)6/h9-10,12-13,15-22,28H,11,14,23H2,1-8H3,(H,37,45)(H,39,43)(H,41,46)(H2,38,40,44). The van der Waals surface area contributed by atoms with Crippen molar-refractivity contribution in [2.75, 3.05) is 41.5 Å². The highest BCUT2D eigenvalue weighted by atomic mass is 16.6. The first-order valence-electron chi connectivity index (χ1n) is 15.8. The Morgan fingerprint density at radius 2 is 1.27 bits per heavy atom. The summed E-state index contributed by atoms with van der Waals surface area (Å²) >= 11 is 0. The van der Waals surface area contributed by atoms with E-state index in [1.54, 1.807) is 90.1 Å². The number of benzene rings is 3. The van der Waals surface area contributed by atoms with E-state index in [0.717, 1.165) is 11.3 Å². The van der Waals surface area contributed by atoms with Gasteiger partial charge in [0.05, 0.1) is 17.4 Å². The number of hydrogen-bond acceptors (Lipinski definition) is 7. The van der Waals surface area contributed by atoms with Crippen LogP contribution >= 0.6 is 0 Å². The van der Waals surface area contributed by atoms with Crippen molar-refractivity contribution in [2.45, 2.75) is 71.6 Å². The second-order valence-corrected chi connectivity index (χ2v) is 13.4. The van der Waals surface area contributed by atoms with Gasteiger partial charge in [0.15, 0.2) is 0 Å². The minimum atomic E-state index is -0.677. The molecular formula is C36H48N6O6. The van der Waals surface area contributed by atoms with E-state index in [1.165, 1.54) is 0 Å². The summed E-state index contributed by atoms with van der Waals surface area (Å²) in [6.07, 6.45) is -0.101. The third-order valence-electron chi connectivity index (χ3n) is 6.67. The Morgan fingerprint density at radius 3 is 1.83 bits per heavy atom. The van der Waals surface area contributed by atoms with Gasteiger partial charge >= 0.3 is 18.2 Å². The number of carbonyl (C=O) groups is 4. The average molecular weight is 661 g/mol. The van der Waals surface area contributed by atoms with Crippen molar-refractivity contribution in [3.63, 3.8) is 0 Å². The number of hydrogen-bond donors (Lipinski definition) is 5. The molecule has 1 unspecified atom stereocenters. The molecule has 48 heavy (non-hydrogen) atoms. The number of alkyl carbamates (subject to hydrolysis) is 1. The lowest BCUT2D eigenvalue weighted by molar-refractivity contribution is 0.0525. The molecular weight excluding hydrogens is 612 g/mol. The number of para-hydroxylation sites is 2. The van der Waals surface area contributed by atoms with E-state index >= 15 is 0 Å². The average Bonchev–Trinajstić information content (AvgIpc) is 2.98. The predicted octanol–water partition coefficient (Wildman–Crippen LogP) is 7.52. The van der Waals surface area contributed by atoms with Crippen LogP contribution in [0.1, 0.15) is 76.3 Å². The number of carbonyl (C=O) groups excluding carboxylic acids is 4. The molecule has 0 radical (unpaired) electrons. The van der Waals surface area contributed by atoms with E-state index in [4.69, 9.17) is 9.47 Å². The molecule has 12 heteroatoms. The fourth-order valence-electron chi connectivity index (χ4n) is 4.48. The zero-order chi connectivity index (χ0) is 35.5. The van der Waals surface area contributed by atoms with Crippen molar-refractivity contribution in [1.29, 1.82) is 0 Å². The molecule has 3 rings (SSSR count). The Balaban J connectivity index is 1.70. The number of rotatable bonds is 11. The monoisotopic (exact) mass is 660 g/mol. The van der Waals surface area contributed by atoms with Gasteiger partial charge in [0.1, 0.15) is 11.2 Å². The molecule has 0 aliphatic rings. The molecule has 0 saturated heterocycles. The second-order valence-electron chi connectivity index (χ2n) is 13.4. The van der Waals surface area contributed by atoms with Crippen molar-refractivity contribution < 1.29 is 28.7 Å². The molecule has 0 aromatic heterocycles. The molecule has 0 saturated carbocycles. The zero-order valence-corrected chi connectivity index (χ0v) is 29.0. The number of anilines is 4. The minimum Gasteiger partial charge on any atom is -0.444 e. The molecule has 5 amide bonds. The maximum atomic E-state index is 13.2. The van der Waals surface area contributed by atoms with Crippen molar-refractivity contribution in [2.24, 2.45) is 0 Å². The van der Waals surface area contributed by atoms with Crippen LogP contribution in [0.5, 0.6) is 0 Å². The van der Waals surface area contributed by atoms with Crippen molar-refractivity contribution in [3.8, 4) is 0 Å². The molecule has 0 aliphatic heterocycles.